The lowest BCUT2D eigenvalue weighted by Gasteiger charge is -2.04. The molecule has 1 aromatic carbocycles. The first-order valence-electron chi connectivity index (χ1n) is 3.73. The lowest BCUT2D eigenvalue weighted by atomic mass is 10.1. The number of amidine groups is 1. The van der Waals surface area contributed by atoms with E-state index in [2.05, 4.69) is 0 Å². The number of rotatable bonds is 3. The number of benzene rings is 1. The van der Waals surface area contributed by atoms with Crippen LogP contribution < -0.4 is 10.5 Å². The molecule has 0 bridgehead atoms. The molecule has 3 N–H and O–H groups in total. The van der Waals surface area contributed by atoms with E-state index in [0.29, 0.717) is 0 Å². The molecule has 1 rings (SSSR count). The first-order chi connectivity index (χ1) is 6.57. The van der Waals surface area contributed by atoms with Gasteiger partial charge < -0.3 is 10.5 Å². The van der Waals surface area contributed by atoms with Crippen molar-refractivity contribution in [2.45, 2.75) is 0 Å². The van der Waals surface area contributed by atoms with E-state index < -0.39 is 4.92 Å². The molecule has 0 saturated heterocycles. The molecular weight excluding hydrogens is 186 g/mol. The first-order valence-corrected chi connectivity index (χ1v) is 3.73. The summed E-state index contributed by atoms with van der Waals surface area (Å²) in [5, 5.41) is 17.8. The first kappa shape index (κ1) is 9.97. The van der Waals surface area contributed by atoms with Crippen molar-refractivity contribution in [3.05, 3.63) is 33.9 Å². The Morgan fingerprint density at radius 1 is 1.64 bits per heavy atom. The van der Waals surface area contributed by atoms with E-state index in [9.17, 15) is 10.1 Å². The number of nitro benzene ring substituents is 1. The Morgan fingerprint density at radius 3 is 2.71 bits per heavy atom. The van der Waals surface area contributed by atoms with E-state index in [-0.39, 0.29) is 22.8 Å². The molecule has 74 valence electrons. The monoisotopic (exact) mass is 195 g/mol. The molecule has 0 spiro atoms. The highest BCUT2D eigenvalue weighted by molar-refractivity contribution is 5.99. The van der Waals surface area contributed by atoms with Crippen LogP contribution in [0.1, 0.15) is 5.56 Å². The zero-order valence-electron chi connectivity index (χ0n) is 7.48. The number of hydrogen-bond acceptors (Lipinski definition) is 4. The number of para-hydroxylation sites is 1. The third-order valence-electron chi connectivity index (χ3n) is 1.69. The zero-order valence-corrected chi connectivity index (χ0v) is 7.48. The van der Waals surface area contributed by atoms with Gasteiger partial charge in [0.15, 0.2) is 5.75 Å². The van der Waals surface area contributed by atoms with Gasteiger partial charge in [0, 0.05) is 0 Å². The van der Waals surface area contributed by atoms with Crippen LogP contribution >= 0.6 is 0 Å². The predicted octanol–water partition coefficient (Wildman–Crippen LogP) is 0.887. The normalized spacial score (nSPS) is 9.50. The molecule has 0 aliphatic rings. The second-order valence-electron chi connectivity index (χ2n) is 2.53. The van der Waals surface area contributed by atoms with Gasteiger partial charge in [0.2, 0.25) is 0 Å². The lowest BCUT2D eigenvalue weighted by molar-refractivity contribution is -0.385. The van der Waals surface area contributed by atoms with Gasteiger partial charge in [0.05, 0.1) is 17.6 Å². The van der Waals surface area contributed by atoms with Crippen LogP contribution in [0.15, 0.2) is 18.2 Å². The summed E-state index contributed by atoms with van der Waals surface area (Å²) in [6, 6.07) is 4.40. The van der Waals surface area contributed by atoms with Crippen molar-refractivity contribution >= 4 is 11.5 Å². The number of nitrogens with two attached hydrogens (primary N) is 1. The number of nitrogens with zero attached hydrogens (tertiary/aromatic N) is 1. The molecule has 0 amide bonds. The molecule has 0 aliphatic heterocycles. The standard InChI is InChI=1S/C8H9N3O3/c1-14-6-4-2-3-5(8(9)10)7(6)11(12)13/h2-4H,1H3,(H3,9,10). The van der Waals surface area contributed by atoms with Crippen LogP contribution in [0.3, 0.4) is 0 Å². The third-order valence-corrected chi connectivity index (χ3v) is 1.69. The molecule has 0 saturated carbocycles. The molecule has 0 unspecified atom stereocenters. The summed E-state index contributed by atoms with van der Waals surface area (Å²) >= 11 is 0. The topological polar surface area (TPSA) is 102 Å². The highest BCUT2D eigenvalue weighted by atomic mass is 16.6. The molecule has 14 heavy (non-hydrogen) atoms. The van der Waals surface area contributed by atoms with Crippen molar-refractivity contribution in [1.29, 1.82) is 5.41 Å². The van der Waals surface area contributed by atoms with Gasteiger partial charge in [-0.15, -0.1) is 0 Å². The molecule has 0 aromatic heterocycles. The minimum atomic E-state index is -0.616. The summed E-state index contributed by atoms with van der Waals surface area (Å²) in [5.74, 6) is -0.252. The number of nitro groups is 1. The molecule has 0 fully saturated rings. The van der Waals surface area contributed by atoms with Gasteiger partial charge in [-0.05, 0) is 12.1 Å². The van der Waals surface area contributed by atoms with Gasteiger partial charge in [-0.1, -0.05) is 6.07 Å². The quantitative estimate of drug-likeness (QED) is 0.323. The average molecular weight is 195 g/mol. The van der Waals surface area contributed by atoms with E-state index in [1.807, 2.05) is 0 Å². The molecule has 6 heteroatoms. The van der Waals surface area contributed by atoms with E-state index in [1.165, 1.54) is 19.2 Å². The Hall–Kier alpha value is -2.11. The van der Waals surface area contributed by atoms with Crippen LogP contribution in [0.25, 0.3) is 0 Å². The highest BCUT2D eigenvalue weighted by Gasteiger charge is 2.21. The summed E-state index contributed by atoms with van der Waals surface area (Å²) in [5.41, 5.74) is 4.99. The molecule has 6 nitrogen and oxygen atoms in total. The maximum Gasteiger partial charge on any atom is 0.321 e. The number of methoxy groups -OCH3 is 1. The minimum Gasteiger partial charge on any atom is -0.490 e. The van der Waals surface area contributed by atoms with E-state index in [1.54, 1.807) is 6.07 Å². The Balaban J connectivity index is 3.43. The summed E-state index contributed by atoms with van der Waals surface area (Å²) < 4.78 is 4.80. The van der Waals surface area contributed by atoms with E-state index in [0.717, 1.165) is 0 Å². The Kier molecular flexibility index (Phi) is 2.66. The average Bonchev–Trinajstić information content (AvgIpc) is 2.16. The SMILES string of the molecule is COc1cccc(C(=N)N)c1[N+](=O)[O-]. The van der Waals surface area contributed by atoms with Crippen LogP contribution in [-0.4, -0.2) is 17.9 Å². The summed E-state index contributed by atoms with van der Waals surface area (Å²) in [4.78, 5) is 10.1. The summed E-state index contributed by atoms with van der Waals surface area (Å²) in [6.07, 6.45) is 0. The number of ether oxygens (including phenoxy) is 1. The number of nitrogen functional groups attached to an aromatic ring is 1. The van der Waals surface area contributed by atoms with Crippen molar-refractivity contribution in [3.63, 3.8) is 0 Å². The Morgan fingerprint density at radius 2 is 2.29 bits per heavy atom. The zero-order chi connectivity index (χ0) is 10.7. The second kappa shape index (κ2) is 3.73. The van der Waals surface area contributed by atoms with Crippen molar-refractivity contribution in [3.8, 4) is 5.75 Å². The minimum absolute atomic E-state index is 0.0642. The molecular formula is C8H9N3O3. The van der Waals surface area contributed by atoms with Gasteiger partial charge >= 0.3 is 5.69 Å². The van der Waals surface area contributed by atoms with Crippen LogP contribution in [-0.2, 0) is 0 Å². The number of hydrogen-bond donors (Lipinski definition) is 2. The van der Waals surface area contributed by atoms with Gasteiger partial charge in [-0.2, -0.15) is 0 Å². The number of nitrogens with one attached hydrogen (secondary N) is 1. The van der Waals surface area contributed by atoms with Crippen LogP contribution in [0.4, 0.5) is 5.69 Å². The van der Waals surface area contributed by atoms with Crippen molar-refractivity contribution < 1.29 is 9.66 Å². The largest absolute Gasteiger partial charge is 0.490 e. The molecule has 0 atom stereocenters. The van der Waals surface area contributed by atoms with Crippen LogP contribution in [0.2, 0.25) is 0 Å². The van der Waals surface area contributed by atoms with Crippen LogP contribution in [0, 0.1) is 15.5 Å². The molecule has 0 aliphatic carbocycles. The lowest BCUT2D eigenvalue weighted by Crippen LogP contribution is -2.13. The summed E-state index contributed by atoms with van der Waals surface area (Å²) in [6.45, 7) is 0. The van der Waals surface area contributed by atoms with Gasteiger partial charge in [-0.25, -0.2) is 0 Å². The van der Waals surface area contributed by atoms with Crippen molar-refractivity contribution in [2.75, 3.05) is 7.11 Å². The fourth-order valence-corrected chi connectivity index (χ4v) is 1.09. The van der Waals surface area contributed by atoms with Crippen molar-refractivity contribution in [2.24, 2.45) is 5.73 Å². The van der Waals surface area contributed by atoms with Gasteiger partial charge in [0.25, 0.3) is 0 Å². The third kappa shape index (κ3) is 1.63. The Labute approximate surface area is 80.0 Å². The van der Waals surface area contributed by atoms with Gasteiger partial charge in [0.1, 0.15) is 5.84 Å². The smallest absolute Gasteiger partial charge is 0.321 e. The predicted molar refractivity (Wildman–Crippen MR) is 50.7 cm³/mol. The summed E-state index contributed by atoms with van der Waals surface area (Å²) in [7, 11) is 1.33. The van der Waals surface area contributed by atoms with Crippen molar-refractivity contribution in [1.82, 2.24) is 0 Å². The maximum absolute atomic E-state index is 10.7. The molecule has 0 radical (unpaired) electrons. The van der Waals surface area contributed by atoms with Gasteiger partial charge in [-0.3, -0.25) is 15.5 Å². The fraction of sp³-hybridized carbons (Fsp3) is 0.125. The molecule has 1 aromatic rings. The van der Waals surface area contributed by atoms with Crippen LogP contribution in [0.5, 0.6) is 5.75 Å². The van der Waals surface area contributed by atoms with E-state index >= 15 is 0 Å². The maximum atomic E-state index is 10.7. The second-order valence-corrected chi connectivity index (χ2v) is 2.53. The fourth-order valence-electron chi connectivity index (χ4n) is 1.09. The molecule has 0 heterocycles. The van der Waals surface area contributed by atoms with E-state index in [4.69, 9.17) is 15.9 Å². The highest BCUT2D eigenvalue weighted by Crippen LogP contribution is 2.29. The Bertz CT molecular complexity index is 389.